The van der Waals surface area contributed by atoms with Crippen LogP contribution in [-0.2, 0) is 4.84 Å². The summed E-state index contributed by atoms with van der Waals surface area (Å²) in [7, 11) is 0. The lowest BCUT2D eigenvalue weighted by atomic mass is 10.2. The lowest BCUT2D eigenvalue weighted by molar-refractivity contribution is -0.0591. The Labute approximate surface area is 100 Å². The van der Waals surface area contributed by atoms with Gasteiger partial charge in [-0.05, 0) is 39.8 Å². The van der Waals surface area contributed by atoms with Gasteiger partial charge in [0.15, 0.2) is 0 Å². The molecule has 1 heterocycles. The van der Waals surface area contributed by atoms with E-state index in [1.807, 2.05) is 26.8 Å². The van der Waals surface area contributed by atoms with Gasteiger partial charge in [0.25, 0.3) is 5.91 Å². The first-order valence-corrected chi connectivity index (χ1v) is 5.19. The van der Waals surface area contributed by atoms with Crippen LogP contribution in [0.4, 0.5) is 0 Å². The molecule has 0 radical (unpaired) electrons. The lowest BCUT2D eigenvalue weighted by Gasteiger charge is -2.18. The normalized spacial score (nSPS) is 10.8. The fraction of sp³-hybridized carbons (Fsp3) is 0.417. The Kier molecular flexibility index (Phi) is 3.81. The number of aromatic nitrogens is 1. The molecule has 0 spiro atoms. The molecule has 0 atom stereocenters. The van der Waals surface area contributed by atoms with Gasteiger partial charge in [0, 0.05) is 0 Å². The van der Waals surface area contributed by atoms with Crippen molar-refractivity contribution in [2.75, 3.05) is 0 Å². The number of rotatable bonds is 2. The van der Waals surface area contributed by atoms with E-state index in [0.29, 0.717) is 11.3 Å². The van der Waals surface area contributed by atoms with Crippen molar-refractivity contribution in [1.29, 1.82) is 5.26 Å². The number of pyridine rings is 1. The molecule has 0 aromatic carbocycles. The number of hydrogen-bond acceptors (Lipinski definition) is 4. The molecule has 0 bridgehead atoms. The lowest BCUT2D eigenvalue weighted by Crippen LogP contribution is -2.34. The Morgan fingerprint density at radius 2 is 2.12 bits per heavy atom. The van der Waals surface area contributed by atoms with Crippen molar-refractivity contribution >= 4 is 5.91 Å². The molecule has 0 saturated carbocycles. The van der Waals surface area contributed by atoms with E-state index in [2.05, 4.69) is 10.5 Å². The van der Waals surface area contributed by atoms with E-state index in [9.17, 15) is 4.79 Å². The molecule has 0 fully saturated rings. The zero-order chi connectivity index (χ0) is 13.1. The Balaban J connectivity index is 2.78. The molecule has 1 aromatic heterocycles. The summed E-state index contributed by atoms with van der Waals surface area (Å²) < 4.78 is 0. The molecule has 0 unspecified atom stereocenters. The van der Waals surface area contributed by atoms with Crippen molar-refractivity contribution in [1.82, 2.24) is 10.5 Å². The molecule has 1 rings (SSSR count). The average Bonchev–Trinajstić information content (AvgIpc) is 2.24. The Hall–Kier alpha value is -1.93. The molecule has 90 valence electrons. The quantitative estimate of drug-likeness (QED) is 0.789. The third kappa shape index (κ3) is 3.85. The Bertz CT molecular complexity index is 470. The predicted molar refractivity (Wildman–Crippen MR) is 62.0 cm³/mol. The van der Waals surface area contributed by atoms with Crippen molar-refractivity contribution in [3.63, 3.8) is 0 Å². The van der Waals surface area contributed by atoms with Crippen LogP contribution in [0.15, 0.2) is 12.1 Å². The van der Waals surface area contributed by atoms with Gasteiger partial charge in [-0.25, -0.2) is 10.5 Å². The summed E-state index contributed by atoms with van der Waals surface area (Å²) in [6.07, 6.45) is 0. The van der Waals surface area contributed by atoms with E-state index in [1.54, 1.807) is 13.0 Å². The maximum atomic E-state index is 11.7. The van der Waals surface area contributed by atoms with Crippen LogP contribution in [-0.4, -0.2) is 16.5 Å². The second-order valence-corrected chi connectivity index (χ2v) is 4.59. The van der Waals surface area contributed by atoms with Crippen LogP contribution in [0, 0.1) is 18.3 Å². The molecular formula is C12H15N3O2. The molecule has 5 heteroatoms. The van der Waals surface area contributed by atoms with Crippen LogP contribution in [0.5, 0.6) is 0 Å². The number of carbonyl (C=O) groups is 1. The number of nitrogens with one attached hydrogen (secondary N) is 1. The molecule has 17 heavy (non-hydrogen) atoms. The van der Waals surface area contributed by atoms with Gasteiger partial charge in [-0.3, -0.25) is 9.63 Å². The summed E-state index contributed by atoms with van der Waals surface area (Å²) >= 11 is 0. The number of hydrogen-bond donors (Lipinski definition) is 1. The number of nitriles is 1. The summed E-state index contributed by atoms with van der Waals surface area (Å²) in [5.74, 6) is -0.424. The van der Waals surface area contributed by atoms with E-state index in [1.165, 1.54) is 6.07 Å². The van der Waals surface area contributed by atoms with Gasteiger partial charge in [-0.1, -0.05) is 0 Å². The van der Waals surface area contributed by atoms with Gasteiger partial charge >= 0.3 is 0 Å². The smallest absolute Gasteiger partial charge is 0.268 e. The van der Waals surface area contributed by atoms with Gasteiger partial charge in [-0.2, -0.15) is 5.26 Å². The van der Waals surface area contributed by atoms with Gasteiger partial charge in [0.2, 0.25) is 0 Å². The number of hydroxylamine groups is 1. The zero-order valence-electron chi connectivity index (χ0n) is 10.4. The molecule has 0 saturated heterocycles. The van der Waals surface area contributed by atoms with Crippen molar-refractivity contribution in [3.05, 3.63) is 29.1 Å². The van der Waals surface area contributed by atoms with Gasteiger partial charge in [0.1, 0.15) is 11.8 Å². The first-order chi connectivity index (χ1) is 7.83. The van der Waals surface area contributed by atoms with Crippen LogP contribution in [0.1, 0.15) is 42.5 Å². The second-order valence-electron chi connectivity index (χ2n) is 4.59. The zero-order valence-corrected chi connectivity index (χ0v) is 10.4. The van der Waals surface area contributed by atoms with Crippen LogP contribution < -0.4 is 5.48 Å². The highest BCUT2D eigenvalue weighted by Gasteiger charge is 2.15. The molecule has 1 amide bonds. The minimum absolute atomic E-state index is 0.228. The summed E-state index contributed by atoms with van der Waals surface area (Å²) in [4.78, 5) is 20.8. The second kappa shape index (κ2) is 4.93. The third-order valence-electron chi connectivity index (χ3n) is 1.89. The first kappa shape index (κ1) is 13.1. The molecule has 1 N–H and O–H groups in total. The summed E-state index contributed by atoms with van der Waals surface area (Å²) in [5.41, 5.74) is 3.07. The van der Waals surface area contributed by atoms with E-state index in [0.717, 1.165) is 0 Å². The number of carbonyl (C=O) groups excluding carboxylic acids is 1. The van der Waals surface area contributed by atoms with Crippen molar-refractivity contribution in [2.24, 2.45) is 0 Å². The Morgan fingerprint density at radius 3 is 2.59 bits per heavy atom. The predicted octanol–water partition coefficient (Wildman–Crippen LogP) is 1.72. The fourth-order valence-electron chi connectivity index (χ4n) is 1.06. The molecule has 0 aliphatic rings. The maximum absolute atomic E-state index is 11.7. The standard InChI is InChI=1S/C12H15N3O2/c1-8-9(7-13)5-6-10(14-8)11(16)15-17-12(2,3)4/h5-6H,1-4H3,(H,15,16). The summed E-state index contributed by atoms with van der Waals surface area (Å²) in [6, 6.07) is 5.05. The number of amides is 1. The van der Waals surface area contributed by atoms with Crippen LogP contribution in [0.3, 0.4) is 0 Å². The first-order valence-electron chi connectivity index (χ1n) is 5.19. The number of aryl methyl sites for hydroxylation is 1. The summed E-state index contributed by atoms with van der Waals surface area (Å²) in [5, 5.41) is 8.74. The van der Waals surface area contributed by atoms with Crippen molar-refractivity contribution < 1.29 is 9.63 Å². The highest BCUT2D eigenvalue weighted by molar-refractivity contribution is 5.91. The largest absolute Gasteiger partial charge is 0.293 e. The van der Waals surface area contributed by atoms with E-state index < -0.39 is 11.5 Å². The monoisotopic (exact) mass is 233 g/mol. The average molecular weight is 233 g/mol. The highest BCUT2D eigenvalue weighted by Crippen LogP contribution is 2.07. The van der Waals surface area contributed by atoms with E-state index in [-0.39, 0.29) is 5.69 Å². The maximum Gasteiger partial charge on any atom is 0.293 e. The Morgan fingerprint density at radius 1 is 1.47 bits per heavy atom. The molecule has 5 nitrogen and oxygen atoms in total. The molecule has 1 aromatic rings. The van der Waals surface area contributed by atoms with Gasteiger partial charge < -0.3 is 0 Å². The van der Waals surface area contributed by atoms with Crippen LogP contribution in [0.2, 0.25) is 0 Å². The van der Waals surface area contributed by atoms with Crippen molar-refractivity contribution in [2.45, 2.75) is 33.3 Å². The summed E-state index contributed by atoms with van der Waals surface area (Å²) in [6.45, 7) is 7.15. The number of nitrogens with zero attached hydrogens (tertiary/aromatic N) is 2. The van der Waals surface area contributed by atoms with Gasteiger partial charge in [0.05, 0.1) is 16.9 Å². The van der Waals surface area contributed by atoms with Gasteiger partial charge in [-0.15, -0.1) is 0 Å². The SMILES string of the molecule is Cc1nc(C(=O)NOC(C)(C)C)ccc1C#N. The minimum atomic E-state index is -0.461. The highest BCUT2D eigenvalue weighted by atomic mass is 16.7. The molecule has 0 aliphatic heterocycles. The minimum Gasteiger partial charge on any atom is -0.268 e. The molecular weight excluding hydrogens is 218 g/mol. The third-order valence-corrected chi connectivity index (χ3v) is 1.89. The van der Waals surface area contributed by atoms with Crippen LogP contribution >= 0.6 is 0 Å². The van der Waals surface area contributed by atoms with Crippen molar-refractivity contribution in [3.8, 4) is 6.07 Å². The van der Waals surface area contributed by atoms with E-state index >= 15 is 0 Å². The van der Waals surface area contributed by atoms with Crippen LogP contribution in [0.25, 0.3) is 0 Å². The van der Waals surface area contributed by atoms with E-state index in [4.69, 9.17) is 10.1 Å². The molecule has 0 aliphatic carbocycles. The fourth-order valence-corrected chi connectivity index (χ4v) is 1.06. The topological polar surface area (TPSA) is 75.0 Å².